The van der Waals surface area contributed by atoms with E-state index in [-0.39, 0.29) is 12.3 Å². The van der Waals surface area contributed by atoms with E-state index in [4.69, 9.17) is 4.74 Å². The molecule has 0 saturated carbocycles. The molecule has 0 bridgehead atoms. The largest absolute Gasteiger partial charge is 0.482 e. The number of alkyl halides is 2. The maximum Gasteiger partial charge on any atom is 0.276 e. The van der Waals surface area contributed by atoms with E-state index in [0.717, 1.165) is 27.0 Å². The van der Waals surface area contributed by atoms with Crippen molar-refractivity contribution in [3.05, 3.63) is 54.6 Å². The monoisotopic (exact) mass is 495 g/mol. The van der Waals surface area contributed by atoms with Crippen molar-refractivity contribution in [1.82, 2.24) is 29.6 Å². The molecule has 2 aromatic carbocycles. The summed E-state index contributed by atoms with van der Waals surface area (Å²) in [5, 5.41) is 8.06. The molecule has 0 unspecified atom stereocenters. The van der Waals surface area contributed by atoms with Gasteiger partial charge in [0.25, 0.3) is 6.43 Å². The quantitative estimate of drug-likeness (QED) is 0.326. The second-order valence-electron chi connectivity index (χ2n) is 8.41. The van der Waals surface area contributed by atoms with Crippen LogP contribution in [0.25, 0.3) is 32.2 Å². The fraction of sp³-hybridized carbons (Fsp3) is 0.250. The molecule has 3 aromatic heterocycles. The maximum atomic E-state index is 13.9. The normalized spacial score (nSPS) is 12.7. The van der Waals surface area contributed by atoms with Crippen molar-refractivity contribution in [3.63, 3.8) is 0 Å². The molecule has 5 aromatic rings. The molecule has 35 heavy (non-hydrogen) atoms. The first-order valence-electron chi connectivity index (χ1n) is 10.8. The summed E-state index contributed by atoms with van der Waals surface area (Å²) < 4.78 is 36.5. The predicted molar refractivity (Wildman–Crippen MR) is 134 cm³/mol. The van der Waals surface area contributed by atoms with Crippen LogP contribution in [0.1, 0.15) is 0 Å². The van der Waals surface area contributed by atoms with Gasteiger partial charge in [-0.15, -0.1) is 11.3 Å². The fourth-order valence-corrected chi connectivity index (χ4v) is 4.56. The SMILES string of the molecule is CN(C)C[C@H](Oc1cc(-c2cnn(C)c2)cc2ncnc(Nc3ccc4ncsc4c3)c12)C(F)F. The number of halogens is 2. The minimum absolute atomic E-state index is 0.0504. The van der Waals surface area contributed by atoms with Crippen LogP contribution in [0.4, 0.5) is 20.3 Å². The van der Waals surface area contributed by atoms with Crippen LogP contribution in [-0.2, 0) is 7.05 Å². The van der Waals surface area contributed by atoms with Crippen molar-refractivity contribution in [2.24, 2.45) is 7.05 Å². The summed E-state index contributed by atoms with van der Waals surface area (Å²) in [6.07, 6.45) is 0.986. The topological polar surface area (TPSA) is 81.0 Å². The molecule has 0 aliphatic carbocycles. The van der Waals surface area contributed by atoms with Gasteiger partial charge in [0.15, 0.2) is 6.10 Å². The smallest absolute Gasteiger partial charge is 0.276 e. The Labute approximate surface area is 204 Å². The zero-order chi connectivity index (χ0) is 24.5. The minimum Gasteiger partial charge on any atom is -0.482 e. The number of hydrogen-bond acceptors (Lipinski definition) is 8. The van der Waals surface area contributed by atoms with E-state index >= 15 is 0 Å². The Morgan fingerprint density at radius 3 is 2.69 bits per heavy atom. The molecule has 0 amide bonds. The highest BCUT2D eigenvalue weighted by molar-refractivity contribution is 7.16. The van der Waals surface area contributed by atoms with Crippen LogP contribution < -0.4 is 10.1 Å². The summed E-state index contributed by atoms with van der Waals surface area (Å²) >= 11 is 1.53. The molecule has 3 heterocycles. The standard InChI is InChI=1S/C24H23F2N7OS/c1-32(2)11-20(23(25)26)34-19-7-14(15-9-30-33(3)10-15)6-18-22(19)24(28-12-27-18)31-16-4-5-17-21(8-16)35-13-29-17/h4-10,12-13,20,23H,11H2,1-3H3,(H,27,28,31)/t20-/m0/s1. The van der Waals surface area contributed by atoms with Crippen LogP contribution >= 0.6 is 11.3 Å². The third-order valence-corrected chi connectivity index (χ3v) is 6.23. The Morgan fingerprint density at radius 1 is 1.09 bits per heavy atom. The molecule has 180 valence electrons. The minimum atomic E-state index is -2.68. The number of fused-ring (bicyclic) bond motifs is 2. The number of nitrogens with zero attached hydrogens (tertiary/aromatic N) is 6. The van der Waals surface area contributed by atoms with Gasteiger partial charge in [-0.2, -0.15) is 5.10 Å². The van der Waals surface area contributed by atoms with E-state index in [2.05, 4.69) is 25.4 Å². The summed E-state index contributed by atoms with van der Waals surface area (Å²) in [4.78, 5) is 14.8. The molecule has 1 atom stereocenters. The number of benzene rings is 2. The number of rotatable bonds is 8. The van der Waals surface area contributed by atoms with Gasteiger partial charge >= 0.3 is 0 Å². The van der Waals surface area contributed by atoms with Crippen LogP contribution in [0.2, 0.25) is 0 Å². The fourth-order valence-electron chi connectivity index (χ4n) is 3.84. The van der Waals surface area contributed by atoms with E-state index in [9.17, 15) is 8.78 Å². The highest BCUT2D eigenvalue weighted by atomic mass is 32.1. The highest BCUT2D eigenvalue weighted by Gasteiger charge is 2.25. The number of thiazole rings is 1. The molecule has 0 aliphatic rings. The zero-order valence-electron chi connectivity index (χ0n) is 19.3. The lowest BCUT2D eigenvalue weighted by atomic mass is 10.1. The van der Waals surface area contributed by atoms with Crippen LogP contribution in [0.5, 0.6) is 5.75 Å². The summed E-state index contributed by atoms with van der Waals surface area (Å²) in [7, 11) is 5.28. The number of aryl methyl sites for hydroxylation is 1. The Kier molecular flexibility index (Phi) is 6.27. The van der Waals surface area contributed by atoms with Gasteiger partial charge in [0.1, 0.15) is 17.9 Å². The second-order valence-corrected chi connectivity index (χ2v) is 9.29. The van der Waals surface area contributed by atoms with Crippen LogP contribution in [0, 0.1) is 0 Å². The van der Waals surface area contributed by atoms with Gasteiger partial charge in [-0.3, -0.25) is 4.68 Å². The lowest BCUT2D eigenvalue weighted by Crippen LogP contribution is -2.36. The van der Waals surface area contributed by atoms with Crippen LogP contribution in [-0.4, -0.2) is 62.8 Å². The molecule has 0 saturated heterocycles. The molecule has 0 fully saturated rings. The lowest BCUT2D eigenvalue weighted by molar-refractivity contribution is -0.000201. The number of ether oxygens (including phenoxy) is 1. The first-order valence-corrected chi connectivity index (χ1v) is 11.7. The van der Waals surface area contributed by atoms with E-state index in [0.29, 0.717) is 16.7 Å². The van der Waals surface area contributed by atoms with Gasteiger partial charge in [0.05, 0.1) is 32.8 Å². The third-order valence-electron chi connectivity index (χ3n) is 5.44. The average Bonchev–Trinajstić information content (AvgIpc) is 3.46. The number of likely N-dealkylation sites (N-methyl/N-ethyl adjacent to an activating group) is 1. The zero-order valence-corrected chi connectivity index (χ0v) is 20.1. The summed E-state index contributed by atoms with van der Waals surface area (Å²) in [5.41, 5.74) is 5.63. The number of nitrogens with one attached hydrogen (secondary N) is 1. The Bertz CT molecular complexity index is 1480. The van der Waals surface area contributed by atoms with Gasteiger partial charge in [0.2, 0.25) is 0 Å². The molecule has 8 nitrogen and oxygen atoms in total. The molecule has 11 heteroatoms. The first kappa shape index (κ1) is 23.1. The Hall–Kier alpha value is -3.70. The summed E-state index contributed by atoms with van der Waals surface area (Å²) in [6.45, 7) is 0.0504. The van der Waals surface area contributed by atoms with E-state index in [1.807, 2.05) is 37.5 Å². The molecular weight excluding hydrogens is 472 g/mol. The highest BCUT2D eigenvalue weighted by Crippen LogP contribution is 2.37. The third kappa shape index (κ3) is 4.91. The van der Waals surface area contributed by atoms with E-state index in [1.165, 1.54) is 17.7 Å². The van der Waals surface area contributed by atoms with Crippen LogP contribution in [0.3, 0.4) is 0 Å². The first-order chi connectivity index (χ1) is 16.9. The van der Waals surface area contributed by atoms with Gasteiger partial charge in [-0.1, -0.05) is 0 Å². The van der Waals surface area contributed by atoms with Crippen molar-refractivity contribution in [1.29, 1.82) is 0 Å². The maximum absolute atomic E-state index is 13.9. The summed E-state index contributed by atoms with van der Waals surface area (Å²) in [6, 6.07) is 9.40. The number of anilines is 2. The lowest BCUT2D eigenvalue weighted by Gasteiger charge is -2.23. The van der Waals surface area contributed by atoms with Gasteiger partial charge < -0.3 is 15.0 Å². The van der Waals surface area contributed by atoms with E-state index in [1.54, 1.807) is 41.5 Å². The van der Waals surface area contributed by atoms with Crippen LogP contribution in [0.15, 0.2) is 54.6 Å². The van der Waals surface area contributed by atoms with Crippen molar-refractivity contribution >= 4 is 44.0 Å². The average molecular weight is 496 g/mol. The van der Waals surface area contributed by atoms with Crippen molar-refractivity contribution in [2.45, 2.75) is 12.5 Å². The molecule has 0 spiro atoms. The second kappa shape index (κ2) is 9.51. The number of hydrogen-bond donors (Lipinski definition) is 1. The number of aromatic nitrogens is 5. The van der Waals surface area contributed by atoms with Crippen molar-refractivity contribution in [3.8, 4) is 16.9 Å². The van der Waals surface area contributed by atoms with Gasteiger partial charge in [-0.05, 0) is 50.0 Å². The van der Waals surface area contributed by atoms with Gasteiger partial charge in [0, 0.05) is 31.0 Å². The molecule has 0 aliphatic heterocycles. The predicted octanol–water partition coefficient (Wildman–Crippen LogP) is 4.96. The molecule has 1 N–H and O–H groups in total. The van der Waals surface area contributed by atoms with Gasteiger partial charge in [-0.25, -0.2) is 23.7 Å². The molecular formula is C24H23F2N7OS. The summed E-state index contributed by atoms with van der Waals surface area (Å²) in [5.74, 6) is 0.736. The Morgan fingerprint density at radius 2 is 1.94 bits per heavy atom. The Balaban J connectivity index is 1.63. The van der Waals surface area contributed by atoms with Crippen molar-refractivity contribution in [2.75, 3.05) is 26.0 Å². The van der Waals surface area contributed by atoms with Crippen molar-refractivity contribution < 1.29 is 13.5 Å². The molecule has 5 rings (SSSR count). The van der Waals surface area contributed by atoms with E-state index < -0.39 is 12.5 Å². The molecule has 0 radical (unpaired) electrons.